The molecule has 0 atom stereocenters. The Morgan fingerprint density at radius 1 is 1.33 bits per heavy atom. The predicted octanol–water partition coefficient (Wildman–Crippen LogP) is 2.50. The van der Waals surface area contributed by atoms with Gasteiger partial charge in [-0.2, -0.15) is 4.31 Å². The monoisotopic (exact) mass is 314 g/mol. The summed E-state index contributed by atoms with van der Waals surface area (Å²) in [6.07, 6.45) is 2.73. The van der Waals surface area contributed by atoms with Gasteiger partial charge >= 0.3 is 0 Å². The maximum atomic E-state index is 14.0. The summed E-state index contributed by atoms with van der Waals surface area (Å²) in [5.74, 6) is -0.673. The smallest absolute Gasteiger partial charge is 0.246 e. The third kappa shape index (κ3) is 3.81. The third-order valence-corrected chi connectivity index (χ3v) is 5.65. The number of nitrogens with one attached hydrogen (secondary N) is 1. The highest BCUT2D eigenvalue weighted by Gasteiger charge is 2.38. The minimum Gasteiger partial charge on any atom is -0.313 e. The van der Waals surface area contributed by atoms with Gasteiger partial charge in [-0.05, 0) is 43.5 Å². The Labute approximate surface area is 126 Å². The molecule has 2 rings (SSSR count). The Balaban J connectivity index is 2.26. The van der Waals surface area contributed by atoms with Crippen LogP contribution < -0.4 is 5.32 Å². The summed E-state index contributed by atoms with van der Waals surface area (Å²) >= 11 is 0. The molecule has 0 aromatic heterocycles. The van der Waals surface area contributed by atoms with Gasteiger partial charge in [0.25, 0.3) is 0 Å². The van der Waals surface area contributed by atoms with Crippen LogP contribution in [0.25, 0.3) is 0 Å². The van der Waals surface area contributed by atoms with Gasteiger partial charge in [-0.25, -0.2) is 12.8 Å². The molecular weight excluding hydrogens is 291 g/mol. The van der Waals surface area contributed by atoms with Crippen LogP contribution in [0.4, 0.5) is 4.39 Å². The van der Waals surface area contributed by atoms with Crippen LogP contribution in [0.2, 0.25) is 0 Å². The molecule has 0 saturated heterocycles. The van der Waals surface area contributed by atoms with Crippen molar-refractivity contribution in [3.63, 3.8) is 0 Å². The summed E-state index contributed by atoms with van der Waals surface area (Å²) in [7, 11) is -3.74. The van der Waals surface area contributed by atoms with Crippen LogP contribution >= 0.6 is 0 Å². The molecule has 1 aliphatic rings. The lowest BCUT2D eigenvalue weighted by Gasteiger charge is -2.20. The zero-order chi connectivity index (χ0) is 15.5. The lowest BCUT2D eigenvalue weighted by atomic mass is 10.2. The predicted molar refractivity (Wildman–Crippen MR) is 81.0 cm³/mol. The van der Waals surface area contributed by atoms with E-state index in [1.807, 2.05) is 0 Å². The van der Waals surface area contributed by atoms with Crippen molar-refractivity contribution in [2.45, 2.75) is 50.6 Å². The van der Waals surface area contributed by atoms with E-state index in [2.05, 4.69) is 12.2 Å². The first-order valence-corrected chi connectivity index (χ1v) is 8.95. The van der Waals surface area contributed by atoms with Gasteiger partial charge in [0.1, 0.15) is 10.7 Å². The van der Waals surface area contributed by atoms with E-state index >= 15 is 0 Å². The van der Waals surface area contributed by atoms with Gasteiger partial charge < -0.3 is 5.32 Å². The maximum absolute atomic E-state index is 14.0. The highest BCUT2D eigenvalue weighted by Crippen LogP contribution is 2.32. The topological polar surface area (TPSA) is 49.4 Å². The Morgan fingerprint density at radius 2 is 2.05 bits per heavy atom. The molecule has 1 aliphatic carbocycles. The van der Waals surface area contributed by atoms with E-state index in [4.69, 9.17) is 0 Å². The zero-order valence-corrected chi connectivity index (χ0v) is 13.4. The molecule has 1 saturated carbocycles. The molecule has 1 aromatic carbocycles. The molecule has 118 valence electrons. The van der Waals surface area contributed by atoms with Crippen molar-refractivity contribution in [2.24, 2.45) is 0 Å². The largest absolute Gasteiger partial charge is 0.313 e. The van der Waals surface area contributed by atoms with Crippen molar-refractivity contribution in [2.75, 3.05) is 13.1 Å². The molecule has 0 amide bonds. The van der Waals surface area contributed by atoms with Crippen LogP contribution in [0.15, 0.2) is 23.1 Å². The molecular formula is C15H23FN2O2S. The third-order valence-electron chi connectivity index (χ3n) is 3.60. The van der Waals surface area contributed by atoms with Crippen LogP contribution in [-0.2, 0) is 16.6 Å². The van der Waals surface area contributed by atoms with Crippen LogP contribution in [-0.4, -0.2) is 31.9 Å². The fraction of sp³-hybridized carbons (Fsp3) is 0.600. The average Bonchev–Trinajstić information content (AvgIpc) is 3.26. The molecule has 0 unspecified atom stereocenters. The van der Waals surface area contributed by atoms with Crippen molar-refractivity contribution in [3.8, 4) is 0 Å². The van der Waals surface area contributed by atoms with E-state index < -0.39 is 15.8 Å². The van der Waals surface area contributed by atoms with Crippen molar-refractivity contribution in [1.82, 2.24) is 9.62 Å². The second kappa shape index (κ2) is 6.85. The van der Waals surface area contributed by atoms with E-state index in [1.165, 1.54) is 16.4 Å². The SMILES string of the molecule is CCCNCc1ccc(F)c(S(=O)(=O)N(CC)C2CC2)c1. The minimum absolute atomic E-state index is 0.0428. The van der Waals surface area contributed by atoms with Gasteiger partial charge in [-0.3, -0.25) is 0 Å². The van der Waals surface area contributed by atoms with Crippen LogP contribution in [0, 0.1) is 5.82 Å². The lowest BCUT2D eigenvalue weighted by Crippen LogP contribution is -2.33. The van der Waals surface area contributed by atoms with Crippen molar-refractivity contribution in [3.05, 3.63) is 29.6 Å². The van der Waals surface area contributed by atoms with Gasteiger partial charge in [0, 0.05) is 19.1 Å². The van der Waals surface area contributed by atoms with Crippen LogP contribution in [0.5, 0.6) is 0 Å². The summed E-state index contributed by atoms with van der Waals surface area (Å²) in [6, 6.07) is 4.38. The number of sulfonamides is 1. The summed E-state index contributed by atoms with van der Waals surface area (Å²) in [4.78, 5) is -0.202. The van der Waals surface area contributed by atoms with Crippen LogP contribution in [0.3, 0.4) is 0 Å². The minimum atomic E-state index is -3.74. The first-order chi connectivity index (χ1) is 10.0. The fourth-order valence-electron chi connectivity index (χ4n) is 2.38. The average molecular weight is 314 g/mol. The Hall–Kier alpha value is -0.980. The van der Waals surface area contributed by atoms with Gasteiger partial charge in [0.15, 0.2) is 0 Å². The molecule has 1 aromatic rings. The molecule has 0 spiro atoms. The zero-order valence-electron chi connectivity index (χ0n) is 12.6. The van der Waals surface area contributed by atoms with E-state index in [0.717, 1.165) is 31.4 Å². The van der Waals surface area contributed by atoms with E-state index in [0.29, 0.717) is 13.1 Å². The van der Waals surface area contributed by atoms with Crippen molar-refractivity contribution >= 4 is 10.0 Å². The molecule has 21 heavy (non-hydrogen) atoms. The van der Waals surface area contributed by atoms with E-state index in [1.54, 1.807) is 13.0 Å². The first-order valence-electron chi connectivity index (χ1n) is 7.51. The molecule has 6 heteroatoms. The molecule has 0 heterocycles. The number of hydrogen-bond donors (Lipinski definition) is 1. The number of hydrogen-bond acceptors (Lipinski definition) is 3. The molecule has 0 radical (unpaired) electrons. The molecule has 0 bridgehead atoms. The number of halogens is 1. The quantitative estimate of drug-likeness (QED) is 0.750. The normalized spacial score (nSPS) is 15.6. The lowest BCUT2D eigenvalue weighted by molar-refractivity contribution is 0.416. The number of nitrogens with zero attached hydrogens (tertiary/aromatic N) is 1. The highest BCUT2D eigenvalue weighted by molar-refractivity contribution is 7.89. The summed E-state index contributed by atoms with van der Waals surface area (Å²) in [6.45, 7) is 5.63. The molecule has 1 fully saturated rings. The number of benzene rings is 1. The van der Waals surface area contributed by atoms with Gasteiger partial charge in [-0.1, -0.05) is 19.9 Å². The highest BCUT2D eigenvalue weighted by atomic mass is 32.2. The Bertz CT molecular complexity index is 585. The summed E-state index contributed by atoms with van der Waals surface area (Å²) in [5, 5.41) is 3.20. The number of rotatable bonds is 8. The van der Waals surface area contributed by atoms with Crippen LogP contribution in [0.1, 0.15) is 38.7 Å². The Kier molecular flexibility index (Phi) is 5.35. The van der Waals surface area contributed by atoms with Crippen molar-refractivity contribution in [1.29, 1.82) is 0 Å². The molecule has 0 aliphatic heterocycles. The Morgan fingerprint density at radius 3 is 2.62 bits per heavy atom. The van der Waals surface area contributed by atoms with E-state index in [9.17, 15) is 12.8 Å². The standard InChI is InChI=1S/C15H23FN2O2S/c1-3-9-17-11-12-5-8-14(16)15(10-12)21(19,20)18(4-2)13-6-7-13/h5,8,10,13,17H,3-4,6-7,9,11H2,1-2H3. The fourth-order valence-corrected chi connectivity index (χ4v) is 4.19. The van der Waals surface area contributed by atoms with Crippen molar-refractivity contribution < 1.29 is 12.8 Å². The van der Waals surface area contributed by atoms with Gasteiger partial charge in [-0.15, -0.1) is 0 Å². The van der Waals surface area contributed by atoms with Gasteiger partial charge in [0.2, 0.25) is 10.0 Å². The molecule has 1 N–H and O–H groups in total. The maximum Gasteiger partial charge on any atom is 0.246 e. The first kappa shape index (κ1) is 16.4. The second-order valence-electron chi connectivity index (χ2n) is 5.38. The summed E-state index contributed by atoms with van der Waals surface area (Å²) < 4.78 is 40.6. The second-order valence-corrected chi connectivity index (χ2v) is 7.24. The molecule has 4 nitrogen and oxygen atoms in total. The van der Waals surface area contributed by atoms with Gasteiger partial charge in [0.05, 0.1) is 0 Å². The van der Waals surface area contributed by atoms with E-state index in [-0.39, 0.29) is 10.9 Å². The summed E-state index contributed by atoms with van der Waals surface area (Å²) in [5.41, 5.74) is 0.787.